The lowest BCUT2D eigenvalue weighted by atomic mass is 10.1. The van der Waals surface area contributed by atoms with Crippen molar-refractivity contribution in [2.75, 3.05) is 0 Å². The number of hydrogen-bond donors (Lipinski definition) is 2. The highest BCUT2D eigenvalue weighted by atomic mass is 16.2. The molecule has 0 spiro atoms. The summed E-state index contributed by atoms with van der Waals surface area (Å²) in [5, 5.41) is 2.89. The summed E-state index contributed by atoms with van der Waals surface area (Å²) in [5.41, 5.74) is 7.95. The second-order valence-electron chi connectivity index (χ2n) is 4.21. The molecule has 1 amide bonds. The Morgan fingerprint density at radius 2 is 2.07 bits per heavy atom. The van der Waals surface area contributed by atoms with Gasteiger partial charge in [-0.3, -0.25) is 4.79 Å². The first-order valence-corrected chi connectivity index (χ1v) is 5.25. The summed E-state index contributed by atoms with van der Waals surface area (Å²) >= 11 is 0. The van der Waals surface area contributed by atoms with E-state index in [1.165, 1.54) is 5.56 Å². The highest BCUT2D eigenvalue weighted by Crippen LogP contribution is 2.27. The minimum atomic E-state index is 0.0513. The Kier molecular flexibility index (Phi) is 2.73. The van der Waals surface area contributed by atoms with Crippen molar-refractivity contribution >= 4 is 5.91 Å². The molecule has 2 rings (SSSR count). The summed E-state index contributed by atoms with van der Waals surface area (Å²) in [7, 11) is 0. The highest BCUT2D eigenvalue weighted by molar-refractivity contribution is 5.82. The van der Waals surface area contributed by atoms with Crippen LogP contribution >= 0.6 is 0 Å². The fourth-order valence-corrected chi connectivity index (χ4v) is 1.54. The Balaban J connectivity index is 1.82. The van der Waals surface area contributed by atoms with E-state index in [9.17, 15) is 4.79 Å². The highest BCUT2D eigenvalue weighted by Gasteiger charge is 2.39. The van der Waals surface area contributed by atoms with Crippen LogP contribution in [0.3, 0.4) is 0 Å². The van der Waals surface area contributed by atoms with Crippen LogP contribution in [0.15, 0.2) is 24.3 Å². The molecule has 80 valence electrons. The molecule has 1 aliphatic carbocycles. The van der Waals surface area contributed by atoms with Crippen LogP contribution in [0.4, 0.5) is 0 Å². The van der Waals surface area contributed by atoms with Gasteiger partial charge in [-0.2, -0.15) is 0 Å². The van der Waals surface area contributed by atoms with Crippen molar-refractivity contribution in [1.82, 2.24) is 5.32 Å². The average Bonchev–Trinajstić information content (AvgIpc) is 2.94. The van der Waals surface area contributed by atoms with Gasteiger partial charge in [0.15, 0.2) is 0 Å². The summed E-state index contributed by atoms with van der Waals surface area (Å²) in [6.45, 7) is 2.65. The predicted molar refractivity (Wildman–Crippen MR) is 59.1 cm³/mol. The van der Waals surface area contributed by atoms with E-state index < -0.39 is 0 Å². The Hall–Kier alpha value is -1.35. The van der Waals surface area contributed by atoms with Crippen molar-refractivity contribution < 1.29 is 4.79 Å². The smallest absolute Gasteiger partial charge is 0.225 e. The predicted octanol–water partition coefficient (Wildman–Crippen LogP) is 0.958. The quantitative estimate of drug-likeness (QED) is 0.770. The third-order valence-electron chi connectivity index (χ3n) is 2.76. The van der Waals surface area contributed by atoms with E-state index >= 15 is 0 Å². The van der Waals surface area contributed by atoms with Gasteiger partial charge < -0.3 is 11.1 Å². The molecule has 3 N–H and O–H groups in total. The lowest BCUT2D eigenvalue weighted by Crippen LogP contribution is -2.26. The third-order valence-corrected chi connectivity index (χ3v) is 2.76. The van der Waals surface area contributed by atoms with Gasteiger partial charge in [-0.25, -0.2) is 0 Å². The number of nitrogens with two attached hydrogens (primary N) is 1. The molecule has 0 radical (unpaired) electrons. The number of carbonyl (C=O) groups excluding carboxylic acids is 1. The topological polar surface area (TPSA) is 55.1 Å². The monoisotopic (exact) mass is 204 g/mol. The summed E-state index contributed by atoms with van der Waals surface area (Å²) < 4.78 is 0. The minimum absolute atomic E-state index is 0.0513. The van der Waals surface area contributed by atoms with E-state index in [1.807, 2.05) is 31.2 Å². The van der Waals surface area contributed by atoms with Gasteiger partial charge in [-0.1, -0.05) is 29.8 Å². The lowest BCUT2D eigenvalue weighted by Gasteiger charge is -2.04. The summed E-state index contributed by atoms with van der Waals surface area (Å²) in [6.07, 6.45) is 0.833. The third kappa shape index (κ3) is 2.57. The first-order valence-electron chi connectivity index (χ1n) is 5.25. The first-order chi connectivity index (χ1) is 7.16. The van der Waals surface area contributed by atoms with E-state index in [-0.39, 0.29) is 17.9 Å². The van der Waals surface area contributed by atoms with E-state index in [2.05, 4.69) is 5.32 Å². The van der Waals surface area contributed by atoms with Crippen LogP contribution in [-0.2, 0) is 11.3 Å². The van der Waals surface area contributed by atoms with Crippen LogP contribution < -0.4 is 11.1 Å². The second kappa shape index (κ2) is 4.03. The molecule has 3 heteroatoms. The molecule has 0 saturated heterocycles. The lowest BCUT2D eigenvalue weighted by molar-refractivity contribution is -0.122. The molecule has 1 fully saturated rings. The molecule has 0 aromatic heterocycles. The molecule has 1 aliphatic rings. The SMILES string of the molecule is Cc1ccc(CNC(=O)C2CC2N)cc1. The number of hydrogen-bond acceptors (Lipinski definition) is 2. The molecule has 1 aromatic carbocycles. The number of aryl methyl sites for hydroxylation is 1. The molecular formula is C12H16N2O. The molecule has 0 bridgehead atoms. The van der Waals surface area contributed by atoms with Gasteiger partial charge in [0.1, 0.15) is 0 Å². The zero-order chi connectivity index (χ0) is 10.8. The molecule has 15 heavy (non-hydrogen) atoms. The summed E-state index contributed by atoms with van der Waals surface area (Å²) in [5.74, 6) is 0.138. The van der Waals surface area contributed by atoms with Crippen LogP contribution in [0.5, 0.6) is 0 Å². The Morgan fingerprint density at radius 1 is 1.47 bits per heavy atom. The standard InChI is InChI=1S/C12H16N2O/c1-8-2-4-9(5-3-8)7-14-12(15)10-6-11(10)13/h2-5,10-11H,6-7,13H2,1H3,(H,14,15). The van der Waals surface area contributed by atoms with Crippen molar-refractivity contribution in [2.24, 2.45) is 11.7 Å². The van der Waals surface area contributed by atoms with Gasteiger partial charge in [-0.15, -0.1) is 0 Å². The van der Waals surface area contributed by atoms with Crippen LogP contribution in [-0.4, -0.2) is 11.9 Å². The fourth-order valence-electron chi connectivity index (χ4n) is 1.54. The zero-order valence-corrected chi connectivity index (χ0v) is 8.86. The summed E-state index contributed by atoms with van der Waals surface area (Å²) in [4.78, 5) is 11.5. The number of carbonyl (C=O) groups is 1. The normalized spacial score (nSPS) is 23.6. The zero-order valence-electron chi connectivity index (χ0n) is 8.86. The number of rotatable bonds is 3. The maximum absolute atomic E-state index is 11.5. The van der Waals surface area contributed by atoms with Gasteiger partial charge >= 0.3 is 0 Å². The molecule has 0 heterocycles. The van der Waals surface area contributed by atoms with Crippen molar-refractivity contribution in [3.8, 4) is 0 Å². The fraction of sp³-hybridized carbons (Fsp3) is 0.417. The van der Waals surface area contributed by atoms with E-state index in [4.69, 9.17) is 5.73 Å². The van der Waals surface area contributed by atoms with E-state index in [0.717, 1.165) is 12.0 Å². The van der Waals surface area contributed by atoms with Gasteiger partial charge in [-0.05, 0) is 18.9 Å². The molecule has 0 aliphatic heterocycles. The summed E-state index contributed by atoms with van der Waals surface area (Å²) in [6, 6.07) is 8.24. The number of amides is 1. The van der Waals surface area contributed by atoms with Gasteiger partial charge in [0.25, 0.3) is 0 Å². The van der Waals surface area contributed by atoms with Gasteiger partial charge in [0.2, 0.25) is 5.91 Å². The van der Waals surface area contributed by atoms with Crippen LogP contribution in [0.2, 0.25) is 0 Å². The van der Waals surface area contributed by atoms with Gasteiger partial charge in [0, 0.05) is 12.6 Å². The van der Waals surface area contributed by atoms with Crippen molar-refractivity contribution in [3.05, 3.63) is 35.4 Å². The van der Waals surface area contributed by atoms with Crippen molar-refractivity contribution in [3.63, 3.8) is 0 Å². The van der Waals surface area contributed by atoms with Crippen molar-refractivity contribution in [2.45, 2.75) is 25.9 Å². The van der Waals surface area contributed by atoms with Crippen molar-refractivity contribution in [1.29, 1.82) is 0 Å². The van der Waals surface area contributed by atoms with E-state index in [1.54, 1.807) is 0 Å². The van der Waals surface area contributed by atoms with E-state index in [0.29, 0.717) is 6.54 Å². The van der Waals surface area contributed by atoms with Crippen LogP contribution in [0, 0.1) is 12.8 Å². The van der Waals surface area contributed by atoms with Crippen LogP contribution in [0.1, 0.15) is 17.5 Å². The van der Waals surface area contributed by atoms with Gasteiger partial charge in [0.05, 0.1) is 5.92 Å². The molecule has 3 nitrogen and oxygen atoms in total. The molecule has 1 aromatic rings. The Labute approximate surface area is 89.7 Å². The molecule has 2 unspecified atom stereocenters. The average molecular weight is 204 g/mol. The van der Waals surface area contributed by atoms with Crippen LogP contribution in [0.25, 0.3) is 0 Å². The number of benzene rings is 1. The maximum Gasteiger partial charge on any atom is 0.225 e. The number of nitrogens with one attached hydrogen (secondary N) is 1. The molecular weight excluding hydrogens is 188 g/mol. The maximum atomic E-state index is 11.5. The molecule has 1 saturated carbocycles. The molecule has 2 atom stereocenters. The second-order valence-corrected chi connectivity index (χ2v) is 4.21. The minimum Gasteiger partial charge on any atom is -0.352 e. The largest absolute Gasteiger partial charge is 0.352 e. The Morgan fingerprint density at radius 3 is 2.60 bits per heavy atom. The Bertz CT molecular complexity index is 358. The first kappa shape index (κ1) is 10.2.